The van der Waals surface area contributed by atoms with E-state index in [0.717, 1.165) is 6.42 Å². The summed E-state index contributed by atoms with van der Waals surface area (Å²) < 4.78 is 1.35. The predicted molar refractivity (Wildman–Crippen MR) is 77.4 cm³/mol. The van der Waals surface area contributed by atoms with Crippen molar-refractivity contribution in [3.8, 4) is 0 Å². The lowest BCUT2D eigenvalue weighted by molar-refractivity contribution is 0.442. The van der Waals surface area contributed by atoms with E-state index >= 15 is 0 Å². The van der Waals surface area contributed by atoms with E-state index in [2.05, 4.69) is 43.5 Å². The molecular formula is C15H21NS. The summed E-state index contributed by atoms with van der Waals surface area (Å²) in [6.45, 7) is 4.54. The summed E-state index contributed by atoms with van der Waals surface area (Å²) in [7, 11) is 0. The Morgan fingerprint density at radius 2 is 2.06 bits per heavy atom. The highest BCUT2D eigenvalue weighted by atomic mass is 32.1. The summed E-state index contributed by atoms with van der Waals surface area (Å²) in [4.78, 5) is 0. The Kier molecular flexibility index (Phi) is 4.19. The normalized spacial score (nSPS) is 15.0. The quantitative estimate of drug-likeness (QED) is 0.812. The minimum atomic E-state index is 0.188. The Morgan fingerprint density at radius 1 is 1.29 bits per heavy atom. The number of hydrogen-bond acceptors (Lipinski definition) is 2. The number of fused-ring (bicyclic) bond motifs is 1. The Hall–Kier alpha value is -0.860. The van der Waals surface area contributed by atoms with Crippen LogP contribution in [0.2, 0.25) is 0 Å². The second-order valence-electron chi connectivity index (χ2n) is 4.92. The fraction of sp³-hybridized carbons (Fsp3) is 0.467. The van der Waals surface area contributed by atoms with Crippen molar-refractivity contribution in [1.29, 1.82) is 0 Å². The van der Waals surface area contributed by atoms with Gasteiger partial charge in [0, 0.05) is 10.7 Å². The zero-order valence-corrected chi connectivity index (χ0v) is 11.5. The van der Waals surface area contributed by atoms with E-state index in [-0.39, 0.29) is 6.04 Å². The Morgan fingerprint density at radius 3 is 2.82 bits per heavy atom. The molecule has 0 aliphatic carbocycles. The molecule has 0 saturated carbocycles. The second-order valence-corrected chi connectivity index (χ2v) is 5.83. The van der Waals surface area contributed by atoms with E-state index in [1.54, 1.807) is 11.3 Å². The maximum absolute atomic E-state index is 6.34. The molecule has 2 aromatic rings. The summed E-state index contributed by atoms with van der Waals surface area (Å²) in [6.07, 6.45) is 3.61. The van der Waals surface area contributed by atoms with Crippen LogP contribution in [-0.2, 0) is 0 Å². The molecule has 2 N–H and O–H groups in total. The van der Waals surface area contributed by atoms with E-state index < -0.39 is 0 Å². The molecule has 0 aliphatic rings. The Labute approximate surface area is 108 Å². The van der Waals surface area contributed by atoms with Crippen molar-refractivity contribution >= 4 is 21.4 Å². The summed E-state index contributed by atoms with van der Waals surface area (Å²) >= 11 is 1.80. The van der Waals surface area contributed by atoms with E-state index in [4.69, 9.17) is 5.73 Å². The van der Waals surface area contributed by atoms with Gasteiger partial charge >= 0.3 is 0 Å². The van der Waals surface area contributed by atoms with Crippen LogP contribution >= 0.6 is 11.3 Å². The van der Waals surface area contributed by atoms with Crippen molar-refractivity contribution in [1.82, 2.24) is 0 Å². The molecule has 2 unspecified atom stereocenters. The van der Waals surface area contributed by atoms with E-state index in [9.17, 15) is 0 Å². The third kappa shape index (κ3) is 2.88. The molecule has 1 heterocycles. The maximum atomic E-state index is 6.34. The molecule has 2 atom stereocenters. The van der Waals surface area contributed by atoms with Gasteiger partial charge in [-0.1, -0.05) is 44.9 Å². The lowest BCUT2D eigenvalue weighted by Crippen LogP contribution is -2.13. The third-order valence-corrected chi connectivity index (χ3v) is 4.33. The van der Waals surface area contributed by atoms with Crippen LogP contribution in [0.15, 0.2) is 29.6 Å². The summed E-state index contributed by atoms with van der Waals surface area (Å²) in [5.74, 6) is 0.716. The number of thiophene rings is 1. The first kappa shape index (κ1) is 12.6. The summed E-state index contributed by atoms with van der Waals surface area (Å²) in [6, 6.07) is 8.74. The summed E-state index contributed by atoms with van der Waals surface area (Å²) in [5.41, 5.74) is 7.67. The van der Waals surface area contributed by atoms with E-state index in [0.29, 0.717) is 5.92 Å². The van der Waals surface area contributed by atoms with Gasteiger partial charge in [-0.3, -0.25) is 0 Å². The molecule has 0 aliphatic heterocycles. The van der Waals surface area contributed by atoms with Crippen molar-refractivity contribution in [2.24, 2.45) is 11.7 Å². The van der Waals surface area contributed by atoms with Crippen LogP contribution in [0.1, 0.15) is 44.7 Å². The third-order valence-electron chi connectivity index (χ3n) is 3.35. The van der Waals surface area contributed by atoms with Crippen LogP contribution in [0.5, 0.6) is 0 Å². The van der Waals surface area contributed by atoms with Gasteiger partial charge in [-0.15, -0.1) is 11.3 Å². The van der Waals surface area contributed by atoms with Crippen LogP contribution in [0, 0.1) is 5.92 Å². The first-order valence-electron chi connectivity index (χ1n) is 6.44. The lowest BCUT2D eigenvalue weighted by Gasteiger charge is -2.16. The lowest BCUT2D eigenvalue weighted by atomic mass is 9.93. The van der Waals surface area contributed by atoms with Gasteiger partial charge < -0.3 is 5.73 Å². The SMILES string of the molecule is CCCC(C)CC(N)c1csc2ccccc12. The van der Waals surface area contributed by atoms with Crippen molar-refractivity contribution < 1.29 is 0 Å². The molecule has 92 valence electrons. The minimum Gasteiger partial charge on any atom is -0.324 e. The summed E-state index contributed by atoms with van der Waals surface area (Å²) in [5, 5.41) is 3.57. The van der Waals surface area contributed by atoms with Crippen LogP contribution in [-0.4, -0.2) is 0 Å². The highest BCUT2D eigenvalue weighted by Crippen LogP contribution is 2.32. The number of nitrogens with two attached hydrogens (primary N) is 1. The zero-order valence-electron chi connectivity index (χ0n) is 10.6. The monoisotopic (exact) mass is 247 g/mol. The van der Waals surface area contributed by atoms with Crippen LogP contribution in [0.3, 0.4) is 0 Å². The van der Waals surface area contributed by atoms with Crippen LogP contribution < -0.4 is 5.73 Å². The molecule has 1 aromatic carbocycles. The fourth-order valence-electron chi connectivity index (χ4n) is 2.46. The van der Waals surface area contributed by atoms with Gasteiger partial charge in [-0.05, 0) is 34.7 Å². The molecule has 1 aromatic heterocycles. The molecule has 2 heteroatoms. The van der Waals surface area contributed by atoms with Crippen molar-refractivity contribution in [2.75, 3.05) is 0 Å². The van der Waals surface area contributed by atoms with Crippen molar-refractivity contribution in [3.63, 3.8) is 0 Å². The van der Waals surface area contributed by atoms with Gasteiger partial charge in [0.2, 0.25) is 0 Å². The van der Waals surface area contributed by atoms with Gasteiger partial charge in [0.1, 0.15) is 0 Å². The predicted octanol–water partition coefficient (Wildman–Crippen LogP) is 4.73. The minimum absolute atomic E-state index is 0.188. The standard InChI is InChI=1S/C15H21NS/c1-3-6-11(2)9-14(16)13-10-17-15-8-5-4-7-12(13)15/h4-5,7-8,10-11,14H,3,6,9,16H2,1-2H3. The Balaban J connectivity index is 2.16. The highest BCUT2D eigenvalue weighted by Gasteiger charge is 2.14. The molecule has 0 bridgehead atoms. The van der Waals surface area contributed by atoms with Crippen LogP contribution in [0.25, 0.3) is 10.1 Å². The second kappa shape index (κ2) is 5.65. The van der Waals surface area contributed by atoms with Crippen molar-refractivity contribution in [2.45, 2.75) is 39.2 Å². The van der Waals surface area contributed by atoms with Crippen molar-refractivity contribution in [3.05, 3.63) is 35.2 Å². The molecule has 0 saturated heterocycles. The number of benzene rings is 1. The number of hydrogen-bond donors (Lipinski definition) is 1. The number of rotatable bonds is 5. The average molecular weight is 247 g/mol. The molecule has 17 heavy (non-hydrogen) atoms. The zero-order chi connectivity index (χ0) is 12.3. The molecule has 0 amide bonds. The Bertz CT molecular complexity index is 474. The average Bonchev–Trinajstić information content (AvgIpc) is 2.72. The van der Waals surface area contributed by atoms with Gasteiger partial charge in [-0.2, -0.15) is 0 Å². The molecule has 0 fully saturated rings. The van der Waals surface area contributed by atoms with E-state index in [1.807, 2.05) is 0 Å². The topological polar surface area (TPSA) is 26.0 Å². The van der Waals surface area contributed by atoms with Gasteiger partial charge in [-0.25, -0.2) is 0 Å². The molecule has 1 nitrogen and oxygen atoms in total. The first-order chi connectivity index (χ1) is 8.22. The van der Waals surface area contributed by atoms with Gasteiger partial charge in [0.25, 0.3) is 0 Å². The van der Waals surface area contributed by atoms with Gasteiger partial charge in [0.05, 0.1) is 0 Å². The fourth-order valence-corrected chi connectivity index (χ4v) is 3.48. The molecule has 0 radical (unpaired) electrons. The molecule has 2 rings (SSSR count). The molecular weight excluding hydrogens is 226 g/mol. The van der Waals surface area contributed by atoms with Crippen LogP contribution in [0.4, 0.5) is 0 Å². The van der Waals surface area contributed by atoms with E-state index in [1.165, 1.54) is 28.5 Å². The smallest absolute Gasteiger partial charge is 0.0346 e. The first-order valence-corrected chi connectivity index (χ1v) is 7.32. The van der Waals surface area contributed by atoms with Gasteiger partial charge in [0.15, 0.2) is 0 Å². The largest absolute Gasteiger partial charge is 0.324 e. The maximum Gasteiger partial charge on any atom is 0.0346 e. The highest BCUT2D eigenvalue weighted by molar-refractivity contribution is 7.17. The molecule has 0 spiro atoms.